The molecule has 0 aliphatic rings. The molecule has 0 unspecified atom stereocenters. The smallest absolute Gasteiger partial charge is 0.398 e. The van der Waals surface area contributed by atoms with Gasteiger partial charge in [0.1, 0.15) is 5.60 Å². The van der Waals surface area contributed by atoms with Crippen molar-refractivity contribution in [3.05, 3.63) is 12.1 Å². The fourth-order valence-electron chi connectivity index (χ4n) is 1.56. The minimum atomic E-state index is -5.60. The lowest BCUT2D eigenvalue weighted by molar-refractivity contribution is -0.387. The van der Waals surface area contributed by atoms with Crippen LogP contribution in [0.25, 0.3) is 0 Å². The molecule has 0 amide bonds. The molecule has 0 heterocycles. The van der Waals surface area contributed by atoms with Gasteiger partial charge in [-0.15, -0.1) is 23.2 Å². The van der Waals surface area contributed by atoms with E-state index < -0.39 is 54.3 Å². The Morgan fingerprint density at radius 1 is 0.952 bits per heavy atom. The first-order valence-electron chi connectivity index (χ1n) is 5.34. The van der Waals surface area contributed by atoms with Crippen molar-refractivity contribution in [3.8, 4) is 0 Å². The Labute approximate surface area is 125 Å². The fourth-order valence-corrected chi connectivity index (χ4v) is 2.17. The highest BCUT2D eigenvalue weighted by Crippen LogP contribution is 2.49. The lowest BCUT2D eigenvalue weighted by Gasteiger charge is -2.41. The van der Waals surface area contributed by atoms with Crippen LogP contribution >= 0.6 is 23.2 Å². The zero-order valence-electron chi connectivity index (χ0n) is 10.5. The second-order valence-corrected chi connectivity index (χ2v) is 4.56. The third-order valence-electron chi connectivity index (χ3n) is 2.69. The van der Waals surface area contributed by atoms with Gasteiger partial charge in [0.25, 0.3) is 0 Å². The first-order valence-corrected chi connectivity index (χ1v) is 6.40. The summed E-state index contributed by atoms with van der Waals surface area (Å²) in [5.41, 5.74) is -2.91. The van der Waals surface area contributed by atoms with Crippen molar-refractivity contribution in [1.29, 1.82) is 0 Å². The molecular weight excluding hydrogens is 356 g/mol. The molecule has 0 aromatic heterocycles. The van der Waals surface area contributed by atoms with Gasteiger partial charge in [-0.3, -0.25) is 0 Å². The lowest BCUT2D eigenvalue weighted by Crippen LogP contribution is -2.61. The Balaban J connectivity index is 5.68. The van der Waals surface area contributed by atoms with E-state index in [1.54, 1.807) is 0 Å². The molecule has 0 spiro atoms. The third kappa shape index (κ3) is 4.29. The predicted molar refractivity (Wildman–Crippen MR) is 61.7 cm³/mol. The van der Waals surface area contributed by atoms with Crippen molar-refractivity contribution in [2.75, 3.05) is 18.9 Å². The number of ether oxygens (including phenoxy) is 2. The topological polar surface area (TPSA) is 18.5 Å². The van der Waals surface area contributed by atoms with E-state index in [-0.39, 0.29) is 0 Å². The molecule has 21 heavy (non-hydrogen) atoms. The van der Waals surface area contributed by atoms with Crippen molar-refractivity contribution in [1.82, 2.24) is 0 Å². The van der Waals surface area contributed by atoms with Crippen LogP contribution in [0.2, 0.25) is 0 Å². The second-order valence-electron chi connectivity index (χ2n) is 3.80. The van der Waals surface area contributed by atoms with Gasteiger partial charge < -0.3 is 9.47 Å². The molecule has 0 saturated heterocycles. The second kappa shape index (κ2) is 7.73. The Morgan fingerprint density at radius 2 is 1.38 bits per heavy atom. The van der Waals surface area contributed by atoms with E-state index in [1.807, 2.05) is 0 Å². The predicted octanol–water partition coefficient (Wildman–Crippen LogP) is 4.91. The molecule has 0 bridgehead atoms. The summed E-state index contributed by atoms with van der Waals surface area (Å²) >= 11 is 10.5. The maximum Gasteiger partial charge on any atom is 0.469 e. The monoisotopic (exact) mass is 366 g/mol. The van der Waals surface area contributed by atoms with E-state index in [1.165, 1.54) is 0 Å². The molecule has 11 heteroatoms. The molecule has 0 atom stereocenters. The third-order valence-corrected chi connectivity index (χ3v) is 3.07. The van der Waals surface area contributed by atoms with Gasteiger partial charge in [0.05, 0.1) is 0 Å². The largest absolute Gasteiger partial charge is 0.469 e. The Hall–Kier alpha value is -0.410. The Bertz CT molecular complexity index is 366. The van der Waals surface area contributed by atoms with E-state index >= 15 is 0 Å². The van der Waals surface area contributed by atoms with Crippen molar-refractivity contribution in [3.63, 3.8) is 0 Å². The molecule has 0 N–H and O–H groups in total. The van der Waals surface area contributed by atoms with Crippen molar-refractivity contribution < 1.29 is 40.2 Å². The summed E-state index contributed by atoms with van der Waals surface area (Å²) in [4.78, 5) is 0. The molecule has 2 nitrogen and oxygen atoms in total. The molecule has 0 aliphatic heterocycles. The molecule has 0 aromatic rings. The van der Waals surface area contributed by atoms with Crippen LogP contribution in [0.3, 0.4) is 0 Å². The van der Waals surface area contributed by atoms with Crippen molar-refractivity contribution >= 4 is 23.2 Å². The van der Waals surface area contributed by atoms with Gasteiger partial charge in [-0.1, -0.05) is 0 Å². The van der Waals surface area contributed by atoms with E-state index in [0.717, 1.165) is 0 Å². The Morgan fingerprint density at radius 3 is 1.67 bits per heavy atom. The highest BCUT2D eigenvalue weighted by molar-refractivity contribution is 6.18. The van der Waals surface area contributed by atoms with Gasteiger partial charge in [0.15, 0.2) is 0 Å². The lowest BCUT2D eigenvalue weighted by atomic mass is 9.88. The van der Waals surface area contributed by atoms with Gasteiger partial charge in [-0.25, -0.2) is 0 Å². The summed E-state index contributed by atoms with van der Waals surface area (Å²) in [6.07, 6.45) is -10.5. The molecule has 0 aromatic carbocycles. The minimum absolute atomic E-state index is 0.522. The summed E-state index contributed by atoms with van der Waals surface area (Å²) in [6.45, 7) is 0. The number of alkyl halides is 6. The summed E-state index contributed by atoms with van der Waals surface area (Å²) < 4.78 is 97.8. The van der Waals surface area contributed by atoms with Crippen LogP contribution in [0.15, 0.2) is 12.1 Å². The number of methoxy groups -OCH3 is 1. The highest BCUT2D eigenvalue weighted by Gasteiger charge is 2.71. The average Bonchev–Trinajstić information content (AvgIpc) is 2.37. The molecule has 0 saturated carbocycles. The van der Waals surface area contributed by atoms with E-state index in [9.17, 15) is 30.7 Å². The van der Waals surface area contributed by atoms with E-state index in [4.69, 9.17) is 23.2 Å². The number of hydrogen-bond acceptors (Lipinski definition) is 2. The molecule has 0 aliphatic carbocycles. The van der Waals surface area contributed by atoms with Crippen LogP contribution in [0.1, 0.15) is 12.8 Å². The zero-order valence-corrected chi connectivity index (χ0v) is 12.1. The van der Waals surface area contributed by atoms with Crippen LogP contribution < -0.4 is 0 Å². The highest BCUT2D eigenvalue weighted by atomic mass is 35.5. The average molecular weight is 367 g/mol. The summed E-state index contributed by atoms with van der Waals surface area (Å²) in [6, 6.07) is -3.11. The van der Waals surface area contributed by atoms with Crippen LogP contribution in [-0.4, -0.2) is 36.5 Å². The maximum atomic E-state index is 14.0. The number of hydrogen-bond donors (Lipinski definition) is 0. The normalized spacial score (nSPS) is 13.2. The quantitative estimate of drug-likeness (QED) is 0.328. The molecular formula is C10H11Cl2F7O2. The maximum absolute atomic E-state index is 14.0. The standard InChI is InChI=1S/C10H11Cl2F7O2/c1-20-8(2-4-11,3-5-12)9(16,17)10(18,19)21-7(15)6(13)14/h2-5H2,1H3. The van der Waals surface area contributed by atoms with Gasteiger partial charge in [0, 0.05) is 18.9 Å². The zero-order chi connectivity index (χ0) is 16.9. The van der Waals surface area contributed by atoms with Crippen LogP contribution in [0.5, 0.6) is 0 Å². The van der Waals surface area contributed by atoms with Crippen molar-refractivity contribution in [2.24, 2.45) is 0 Å². The molecule has 0 radical (unpaired) electrons. The fraction of sp³-hybridized carbons (Fsp3) is 0.800. The first kappa shape index (κ1) is 20.6. The van der Waals surface area contributed by atoms with Crippen LogP contribution in [0.4, 0.5) is 30.7 Å². The molecule has 126 valence electrons. The van der Waals surface area contributed by atoms with Gasteiger partial charge in [0.2, 0.25) is 0 Å². The van der Waals surface area contributed by atoms with E-state index in [2.05, 4.69) is 9.47 Å². The SMILES string of the molecule is COC(CCCl)(CCCl)C(F)(F)C(F)(F)OC(F)=C(F)F. The summed E-state index contributed by atoms with van der Waals surface area (Å²) in [7, 11) is 0.686. The number of halogens is 9. The first-order chi connectivity index (χ1) is 9.51. The molecule has 0 rings (SSSR count). The minimum Gasteiger partial charge on any atom is -0.398 e. The summed E-state index contributed by atoms with van der Waals surface area (Å²) in [5, 5.41) is 0. The van der Waals surface area contributed by atoms with Crippen molar-refractivity contribution in [2.45, 2.75) is 30.5 Å². The van der Waals surface area contributed by atoms with Gasteiger partial charge >= 0.3 is 24.1 Å². The van der Waals surface area contributed by atoms with Crippen LogP contribution in [0, 0.1) is 0 Å². The number of rotatable bonds is 9. The summed E-state index contributed by atoms with van der Waals surface area (Å²) in [5.74, 6) is -6.22. The van der Waals surface area contributed by atoms with E-state index in [0.29, 0.717) is 7.11 Å². The van der Waals surface area contributed by atoms with Gasteiger partial charge in [-0.05, 0) is 12.8 Å². The molecule has 0 fully saturated rings. The Kier molecular flexibility index (Phi) is 7.58. The van der Waals surface area contributed by atoms with Crippen LogP contribution in [-0.2, 0) is 9.47 Å². The van der Waals surface area contributed by atoms with Gasteiger partial charge in [-0.2, -0.15) is 30.7 Å².